The Balaban J connectivity index is 1.65. The number of rotatable bonds is 6. The molecule has 2 fully saturated rings. The number of aryl methyl sites for hydroxylation is 1. The molecule has 2 aliphatic heterocycles. The molecular formula is C22H34N4O3. The molecule has 2 amide bonds. The van der Waals surface area contributed by atoms with Gasteiger partial charge in [-0.25, -0.2) is 4.79 Å². The van der Waals surface area contributed by atoms with Crippen molar-refractivity contribution in [3.8, 4) is 0 Å². The van der Waals surface area contributed by atoms with Crippen LogP contribution in [0.3, 0.4) is 0 Å². The average molecular weight is 403 g/mol. The summed E-state index contributed by atoms with van der Waals surface area (Å²) in [4.78, 5) is 30.8. The Labute approximate surface area is 173 Å². The second-order valence-corrected chi connectivity index (χ2v) is 8.27. The first-order valence-corrected chi connectivity index (χ1v) is 10.8. The Bertz CT molecular complexity index is 703. The zero-order chi connectivity index (χ0) is 20.8. The Kier molecular flexibility index (Phi) is 7.50. The number of carboxylic acid groups (broad SMARTS) is 1. The van der Waals surface area contributed by atoms with Crippen LogP contribution in [0.5, 0.6) is 0 Å². The highest BCUT2D eigenvalue weighted by Gasteiger charge is 2.36. The van der Waals surface area contributed by atoms with Crippen LogP contribution in [0.25, 0.3) is 0 Å². The summed E-state index contributed by atoms with van der Waals surface area (Å²) in [6, 6.07) is 8.17. The van der Waals surface area contributed by atoms with Crippen LogP contribution in [0, 0.1) is 5.92 Å². The highest BCUT2D eigenvalue weighted by atomic mass is 16.4. The first-order chi connectivity index (χ1) is 14.0. The van der Waals surface area contributed by atoms with E-state index in [1.165, 1.54) is 0 Å². The molecular weight excluding hydrogens is 368 g/mol. The number of carbonyl (C=O) groups is 2. The lowest BCUT2D eigenvalue weighted by Crippen LogP contribution is -2.57. The SMILES string of the molecule is CCc1ccccc1NC(=O)N1CC[C@@H](N2CCN(C)CC2)[C@@H](CCC(=O)O)C1. The molecule has 7 nitrogen and oxygen atoms in total. The molecule has 2 N–H and O–H groups in total. The lowest BCUT2D eigenvalue weighted by molar-refractivity contribution is -0.137. The van der Waals surface area contributed by atoms with Gasteiger partial charge in [0.1, 0.15) is 0 Å². The second-order valence-electron chi connectivity index (χ2n) is 8.27. The molecule has 2 aliphatic rings. The third-order valence-corrected chi connectivity index (χ3v) is 6.36. The Morgan fingerprint density at radius 1 is 1.14 bits per heavy atom. The average Bonchev–Trinajstić information content (AvgIpc) is 2.73. The monoisotopic (exact) mass is 402 g/mol. The number of anilines is 1. The number of aliphatic carboxylic acids is 1. The Morgan fingerprint density at radius 2 is 1.86 bits per heavy atom. The topological polar surface area (TPSA) is 76.1 Å². The van der Waals surface area contributed by atoms with Gasteiger partial charge in [-0.3, -0.25) is 9.69 Å². The molecule has 0 aliphatic carbocycles. The van der Waals surface area contributed by atoms with Crippen molar-refractivity contribution in [2.75, 3.05) is 51.6 Å². The van der Waals surface area contributed by atoms with Crippen molar-refractivity contribution >= 4 is 17.7 Å². The van der Waals surface area contributed by atoms with E-state index >= 15 is 0 Å². The van der Waals surface area contributed by atoms with E-state index in [9.17, 15) is 14.7 Å². The minimum absolute atomic E-state index is 0.0805. The summed E-state index contributed by atoms with van der Waals surface area (Å²) in [5.41, 5.74) is 1.99. The van der Waals surface area contributed by atoms with Crippen LogP contribution in [0.1, 0.15) is 31.7 Å². The molecule has 0 saturated carbocycles. The molecule has 1 aromatic carbocycles. The first kappa shape index (κ1) is 21.6. The van der Waals surface area contributed by atoms with E-state index in [1.54, 1.807) is 0 Å². The number of hydrogen-bond acceptors (Lipinski definition) is 4. The molecule has 0 aromatic heterocycles. The molecule has 7 heteroatoms. The first-order valence-electron chi connectivity index (χ1n) is 10.8. The fourth-order valence-electron chi connectivity index (χ4n) is 4.58. The minimum Gasteiger partial charge on any atom is -0.481 e. The van der Waals surface area contributed by atoms with Crippen molar-refractivity contribution in [1.29, 1.82) is 0 Å². The van der Waals surface area contributed by atoms with Gasteiger partial charge in [-0.1, -0.05) is 25.1 Å². The quantitative estimate of drug-likeness (QED) is 0.765. The largest absolute Gasteiger partial charge is 0.481 e. The Hall–Kier alpha value is -2.12. The predicted molar refractivity (Wildman–Crippen MR) is 114 cm³/mol. The number of hydrogen-bond donors (Lipinski definition) is 2. The van der Waals surface area contributed by atoms with Gasteiger partial charge in [0.2, 0.25) is 0 Å². The molecule has 0 spiro atoms. The zero-order valence-electron chi connectivity index (χ0n) is 17.6. The van der Waals surface area contributed by atoms with E-state index in [4.69, 9.17) is 0 Å². The summed E-state index contributed by atoms with van der Waals surface area (Å²) in [6.45, 7) is 7.52. The molecule has 0 bridgehead atoms. The van der Waals surface area contributed by atoms with Gasteiger partial charge in [0.15, 0.2) is 0 Å². The Morgan fingerprint density at radius 3 is 2.55 bits per heavy atom. The molecule has 0 radical (unpaired) electrons. The standard InChI is InChI=1S/C22H34N4O3/c1-3-17-6-4-5-7-19(17)23-22(29)26-11-10-20(18(16-26)8-9-21(27)28)25-14-12-24(2)13-15-25/h4-7,18,20H,3,8-16H2,1-2H3,(H,23,29)(H,27,28)/t18-,20+/m0/s1. The number of nitrogens with one attached hydrogen (secondary N) is 1. The maximum Gasteiger partial charge on any atom is 0.321 e. The van der Waals surface area contributed by atoms with Crippen LogP contribution in [0.15, 0.2) is 24.3 Å². The third-order valence-electron chi connectivity index (χ3n) is 6.36. The summed E-state index contributed by atoms with van der Waals surface area (Å²) in [5, 5.41) is 12.3. The van der Waals surface area contributed by atoms with E-state index < -0.39 is 5.97 Å². The van der Waals surface area contributed by atoms with Crippen molar-refractivity contribution in [2.45, 2.75) is 38.6 Å². The molecule has 2 heterocycles. The van der Waals surface area contributed by atoms with Crippen LogP contribution in [-0.2, 0) is 11.2 Å². The lowest BCUT2D eigenvalue weighted by Gasteiger charge is -2.46. The van der Waals surface area contributed by atoms with Crippen molar-refractivity contribution in [2.24, 2.45) is 5.92 Å². The van der Waals surface area contributed by atoms with E-state index in [0.29, 0.717) is 25.6 Å². The van der Waals surface area contributed by atoms with E-state index in [-0.39, 0.29) is 18.4 Å². The number of piperazine rings is 1. The zero-order valence-corrected chi connectivity index (χ0v) is 17.6. The predicted octanol–water partition coefficient (Wildman–Crippen LogP) is 2.58. The highest BCUT2D eigenvalue weighted by molar-refractivity contribution is 5.90. The summed E-state index contributed by atoms with van der Waals surface area (Å²) >= 11 is 0. The number of amides is 2. The van der Waals surface area contributed by atoms with Crippen molar-refractivity contribution in [3.05, 3.63) is 29.8 Å². The number of carboxylic acids is 1. The van der Waals surface area contributed by atoms with Gasteiger partial charge in [-0.15, -0.1) is 0 Å². The molecule has 2 atom stereocenters. The van der Waals surface area contributed by atoms with Gasteiger partial charge in [0, 0.05) is 57.4 Å². The summed E-state index contributed by atoms with van der Waals surface area (Å²) in [6.07, 6.45) is 2.53. The molecule has 1 aromatic rings. The molecule has 29 heavy (non-hydrogen) atoms. The van der Waals surface area contributed by atoms with Crippen molar-refractivity contribution < 1.29 is 14.7 Å². The number of benzene rings is 1. The van der Waals surface area contributed by atoms with Gasteiger partial charge in [0.25, 0.3) is 0 Å². The maximum absolute atomic E-state index is 12.9. The number of nitrogens with zero attached hydrogens (tertiary/aromatic N) is 3. The van der Waals surface area contributed by atoms with Gasteiger partial charge in [-0.2, -0.15) is 0 Å². The van der Waals surface area contributed by atoms with Gasteiger partial charge in [0.05, 0.1) is 0 Å². The lowest BCUT2D eigenvalue weighted by atomic mass is 9.86. The maximum atomic E-state index is 12.9. The van der Waals surface area contributed by atoms with Gasteiger partial charge >= 0.3 is 12.0 Å². The number of carbonyl (C=O) groups excluding carboxylic acids is 1. The number of likely N-dealkylation sites (tertiary alicyclic amines) is 1. The smallest absolute Gasteiger partial charge is 0.321 e. The van der Waals surface area contributed by atoms with Crippen LogP contribution < -0.4 is 5.32 Å². The van der Waals surface area contributed by atoms with E-state index in [0.717, 1.165) is 50.3 Å². The fraction of sp³-hybridized carbons (Fsp3) is 0.636. The van der Waals surface area contributed by atoms with E-state index in [1.807, 2.05) is 29.2 Å². The number of urea groups is 1. The summed E-state index contributed by atoms with van der Waals surface area (Å²) in [7, 11) is 2.14. The van der Waals surface area contributed by atoms with Crippen LogP contribution in [0.2, 0.25) is 0 Å². The molecule has 160 valence electrons. The van der Waals surface area contributed by atoms with Crippen LogP contribution >= 0.6 is 0 Å². The van der Waals surface area contributed by atoms with Gasteiger partial charge < -0.3 is 20.2 Å². The molecule has 2 saturated heterocycles. The van der Waals surface area contributed by atoms with Gasteiger partial charge in [-0.05, 0) is 43.9 Å². The third kappa shape index (κ3) is 5.70. The fourth-order valence-corrected chi connectivity index (χ4v) is 4.58. The van der Waals surface area contributed by atoms with Crippen molar-refractivity contribution in [1.82, 2.24) is 14.7 Å². The molecule has 3 rings (SSSR count). The van der Waals surface area contributed by atoms with Crippen LogP contribution in [-0.4, -0.2) is 84.2 Å². The minimum atomic E-state index is -0.763. The van der Waals surface area contributed by atoms with E-state index in [2.05, 4.69) is 29.1 Å². The summed E-state index contributed by atoms with van der Waals surface area (Å²) < 4.78 is 0. The summed E-state index contributed by atoms with van der Waals surface area (Å²) in [5.74, 6) is -0.573. The highest BCUT2D eigenvalue weighted by Crippen LogP contribution is 2.28. The molecule has 0 unspecified atom stereocenters. The number of piperidine rings is 1. The second kappa shape index (κ2) is 10.1. The number of likely N-dealkylation sites (N-methyl/N-ethyl adjacent to an activating group) is 1. The van der Waals surface area contributed by atoms with Crippen LogP contribution in [0.4, 0.5) is 10.5 Å². The number of para-hydroxylation sites is 1. The normalized spacial score (nSPS) is 23.7. The van der Waals surface area contributed by atoms with Crippen molar-refractivity contribution in [3.63, 3.8) is 0 Å².